The van der Waals surface area contributed by atoms with Crippen molar-refractivity contribution < 1.29 is 19.1 Å². The minimum atomic E-state index is -1.07. The number of primary amides is 1. The molecule has 2 fully saturated rings. The SMILES string of the molecule is Cc1cc(C)n(CC(=O)N2CCN(c3ccccc3-c3cnc(N4CCC(C(=O)OC(N)=O)CC4)nc3)CC2)n1. The van der Waals surface area contributed by atoms with Crippen LogP contribution in [0.3, 0.4) is 0 Å². The normalized spacial score (nSPS) is 16.2. The van der Waals surface area contributed by atoms with E-state index >= 15 is 0 Å². The van der Waals surface area contributed by atoms with Crippen LogP contribution in [-0.4, -0.2) is 81.9 Å². The van der Waals surface area contributed by atoms with Crippen LogP contribution in [0, 0.1) is 19.8 Å². The second-order valence-electron chi connectivity index (χ2n) is 10.2. The summed E-state index contributed by atoms with van der Waals surface area (Å²) in [4.78, 5) is 51.2. The number of aryl methyl sites for hydroxylation is 2. The fraction of sp³-hybridized carbons (Fsp3) is 0.429. The van der Waals surface area contributed by atoms with E-state index in [1.807, 2.05) is 54.2 Å². The third-order valence-corrected chi connectivity index (χ3v) is 7.53. The molecule has 0 unspecified atom stereocenters. The summed E-state index contributed by atoms with van der Waals surface area (Å²) in [5, 5.41) is 4.42. The maximum atomic E-state index is 12.9. The molecule has 2 aromatic heterocycles. The first-order chi connectivity index (χ1) is 19.3. The average Bonchev–Trinajstić information content (AvgIpc) is 3.28. The van der Waals surface area contributed by atoms with Crippen LogP contribution in [0.15, 0.2) is 42.7 Å². The zero-order valence-electron chi connectivity index (χ0n) is 22.8. The number of anilines is 2. The number of amides is 2. The Labute approximate surface area is 232 Å². The number of piperazine rings is 1. The van der Waals surface area contributed by atoms with Crippen molar-refractivity contribution in [3.63, 3.8) is 0 Å². The van der Waals surface area contributed by atoms with E-state index in [0.29, 0.717) is 45.0 Å². The third kappa shape index (κ3) is 6.05. The first-order valence-electron chi connectivity index (χ1n) is 13.5. The molecule has 12 heteroatoms. The van der Waals surface area contributed by atoms with Crippen LogP contribution in [0.25, 0.3) is 11.1 Å². The predicted molar refractivity (Wildman–Crippen MR) is 149 cm³/mol. The van der Waals surface area contributed by atoms with E-state index in [1.165, 1.54) is 0 Å². The number of benzene rings is 1. The first-order valence-corrected chi connectivity index (χ1v) is 13.5. The van der Waals surface area contributed by atoms with Gasteiger partial charge in [-0.2, -0.15) is 5.10 Å². The van der Waals surface area contributed by atoms with Crippen molar-refractivity contribution in [3.05, 3.63) is 54.1 Å². The fourth-order valence-electron chi connectivity index (χ4n) is 5.37. The zero-order valence-corrected chi connectivity index (χ0v) is 22.8. The van der Waals surface area contributed by atoms with E-state index in [4.69, 9.17) is 5.73 Å². The third-order valence-electron chi connectivity index (χ3n) is 7.53. The Hall–Kier alpha value is -4.48. The van der Waals surface area contributed by atoms with E-state index in [0.717, 1.165) is 41.3 Å². The molecule has 0 saturated carbocycles. The predicted octanol–water partition coefficient (Wildman–Crippen LogP) is 2.14. The van der Waals surface area contributed by atoms with Crippen molar-refractivity contribution in [1.29, 1.82) is 0 Å². The number of rotatable bonds is 6. The largest absolute Gasteiger partial charge is 0.412 e. The van der Waals surface area contributed by atoms with Gasteiger partial charge in [-0.15, -0.1) is 0 Å². The van der Waals surface area contributed by atoms with Crippen molar-refractivity contribution in [1.82, 2.24) is 24.6 Å². The lowest BCUT2D eigenvalue weighted by Crippen LogP contribution is -2.49. The summed E-state index contributed by atoms with van der Waals surface area (Å²) in [7, 11) is 0. The van der Waals surface area contributed by atoms with Crippen LogP contribution in [-0.2, 0) is 20.9 Å². The van der Waals surface area contributed by atoms with Crippen LogP contribution in [0.1, 0.15) is 24.2 Å². The molecule has 2 N–H and O–H groups in total. The monoisotopic (exact) mass is 546 g/mol. The Bertz CT molecular complexity index is 1370. The molecule has 0 atom stereocenters. The van der Waals surface area contributed by atoms with Gasteiger partial charge in [0.2, 0.25) is 11.9 Å². The van der Waals surface area contributed by atoms with Gasteiger partial charge in [-0.25, -0.2) is 14.8 Å². The van der Waals surface area contributed by atoms with Gasteiger partial charge in [0.05, 0.1) is 11.6 Å². The smallest absolute Gasteiger partial charge is 0.376 e. The number of hydrogen-bond donors (Lipinski definition) is 1. The van der Waals surface area contributed by atoms with E-state index in [-0.39, 0.29) is 18.4 Å². The highest BCUT2D eigenvalue weighted by Crippen LogP contribution is 2.31. The van der Waals surface area contributed by atoms with Gasteiger partial charge in [-0.1, -0.05) is 18.2 Å². The van der Waals surface area contributed by atoms with Crippen molar-refractivity contribution in [2.45, 2.75) is 33.2 Å². The molecule has 2 aliphatic rings. The number of hydrogen-bond acceptors (Lipinski definition) is 9. The summed E-state index contributed by atoms with van der Waals surface area (Å²) in [5.41, 5.74) is 9.87. The molecule has 2 aliphatic heterocycles. The minimum absolute atomic E-state index is 0.0805. The van der Waals surface area contributed by atoms with E-state index in [1.54, 1.807) is 4.68 Å². The Balaban J connectivity index is 1.20. The summed E-state index contributed by atoms with van der Waals surface area (Å²) in [5.74, 6) is -0.257. The Kier molecular flexibility index (Phi) is 7.94. The van der Waals surface area contributed by atoms with Gasteiger partial charge < -0.3 is 25.2 Å². The number of para-hydroxylation sites is 1. The van der Waals surface area contributed by atoms with Crippen molar-refractivity contribution >= 4 is 29.6 Å². The highest BCUT2D eigenvalue weighted by Gasteiger charge is 2.29. The summed E-state index contributed by atoms with van der Waals surface area (Å²) < 4.78 is 6.29. The van der Waals surface area contributed by atoms with Crippen LogP contribution < -0.4 is 15.5 Å². The molecule has 1 aromatic carbocycles. The average molecular weight is 547 g/mol. The highest BCUT2D eigenvalue weighted by molar-refractivity contribution is 5.85. The number of carbonyl (C=O) groups excluding carboxylic acids is 3. The molecule has 0 bridgehead atoms. The quantitative estimate of drug-likeness (QED) is 0.364. The number of aromatic nitrogens is 4. The van der Waals surface area contributed by atoms with E-state index in [2.05, 4.69) is 36.8 Å². The lowest BCUT2D eigenvalue weighted by atomic mass is 9.97. The number of ether oxygens (including phenoxy) is 1. The molecular formula is C28H34N8O4. The standard InChI is InChI=1S/C28H34N8O4/c1-19-15-20(2)36(32-19)18-25(37)34-13-11-33(12-14-34)24-6-4-3-5-23(24)22-16-30-28(31-17-22)35-9-7-21(8-10-35)26(38)40-27(29)39/h3-6,15-17,21H,7-14,18H2,1-2H3,(H2,29,39). The van der Waals surface area contributed by atoms with E-state index in [9.17, 15) is 14.4 Å². The van der Waals surface area contributed by atoms with Gasteiger partial charge in [0.1, 0.15) is 6.54 Å². The second kappa shape index (κ2) is 11.7. The number of carbonyl (C=O) groups is 3. The molecule has 12 nitrogen and oxygen atoms in total. The molecule has 40 heavy (non-hydrogen) atoms. The molecule has 2 saturated heterocycles. The van der Waals surface area contributed by atoms with Gasteiger partial charge in [0, 0.05) is 74.2 Å². The van der Waals surface area contributed by atoms with Gasteiger partial charge in [-0.05, 0) is 38.8 Å². The summed E-state index contributed by atoms with van der Waals surface area (Å²) in [6, 6.07) is 10.1. The van der Waals surface area contributed by atoms with Crippen molar-refractivity contribution in [2.24, 2.45) is 11.7 Å². The topological polar surface area (TPSA) is 140 Å². The van der Waals surface area contributed by atoms with Crippen LogP contribution >= 0.6 is 0 Å². The molecule has 210 valence electrons. The van der Waals surface area contributed by atoms with Gasteiger partial charge >= 0.3 is 12.1 Å². The molecule has 2 amide bonds. The van der Waals surface area contributed by atoms with Crippen LogP contribution in [0.5, 0.6) is 0 Å². The number of piperidine rings is 1. The Morgan fingerprint density at radius 2 is 1.62 bits per heavy atom. The maximum Gasteiger partial charge on any atom is 0.412 e. The van der Waals surface area contributed by atoms with E-state index < -0.39 is 12.1 Å². The molecule has 0 spiro atoms. The van der Waals surface area contributed by atoms with Gasteiger partial charge in [0.15, 0.2) is 0 Å². The van der Waals surface area contributed by atoms with Crippen LogP contribution in [0.2, 0.25) is 0 Å². The highest BCUT2D eigenvalue weighted by atomic mass is 16.6. The minimum Gasteiger partial charge on any atom is -0.376 e. The van der Waals surface area contributed by atoms with Crippen molar-refractivity contribution in [3.8, 4) is 11.1 Å². The Morgan fingerprint density at radius 1 is 0.950 bits per heavy atom. The van der Waals surface area contributed by atoms with Gasteiger partial charge in [0.25, 0.3) is 0 Å². The molecule has 0 radical (unpaired) electrons. The van der Waals surface area contributed by atoms with Crippen LogP contribution in [0.4, 0.5) is 16.4 Å². The maximum absolute atomic E-state index is 12.9. The second-order valence-corrected chi connectivity index (χ2v) is 10.2. The lowest BCUT2D eigenvalue weighted by Gasteiger charge is -2.37. The molecule has 0 aliphatic carbocycles. The number of nitrogens with two attached hydrogens (primary N) is 1. The lowest BCUT2D eigenvalue weighted by molar-refractivity contribution is -0.142. The first kappa shape index (κ1) is 27.1. The molecule has 5 rings (SSSR count). The van der Waals surface area contributed by atoms with Crippen molar-refractivity contribution in [2.75, 3.05) is 49.1 Å². The Morgan fingerprint density at radius 3 is 2.25 bits per heavy atom. The summed E-state index contributed by atoms with van der Waals surface area (Å²) in [6.07, 6.45) is 3.65. The number of nitrogens with zero attached hydrogens (tertiary/aromatic N) is 7. The van der Waals surface area contributed by atoms with Gasteiger partial charge in [-0.3, -0.25) is 14.3 Å². The summed E-state index contributed by atoms with van der Waals surface area (Å²) >= 11 is 0. The number of esters is 1. The fourth-order valence-corrected chi connectivity index (χ4v) is 5.37. The molecule has 3 aromatic rings. The molecule has 4 heterocycles. The zero-order chi connectivity index (χ0) is 28.2. The molecular weight excluding hydrogens is 512 g/mol. The summed E-state index contributed by atoms with van der Waals surface area (Å²) in [6.45, 7) is 8.06.